The van der Waals surface area contributed by atoms with Gasteiger partial charge in [-0.1, -0.05) is 31.9 Å². The number of nitrogens with zero attached hydrogens (tertiary/aromatic N) is 2. The van der Waals surface area contributed by atoms with Gasteiger partial charge in [0, 0.05) is 19.7 Å². The largest absolute Gasteiger partial charge is 1.00 e. The van der Waals surface area contributed by atoms with Crippen LogP contribution in [0.3, 0.4) is 0 Å². The van der Waals surface area contributed by atoms with Gasteiger partial charge in [-0.3, -0.25) is 14.7 Å². The number of carboxylic acid groups (broad SMARTS) is 1. The molecule has 128 valence electrons. The zero-order valence-electron chi connectivity index (χ0n) is 14.7. The van der Waals surface area contributed by atoms with Crippen LogP contribution in [0.2, 0.25) is 0 Å². The summed E-state index contributed by atoms with van der Waals surface area (Å²) in [5.74, 6) is -1.19. The Labute approximate surface area is 161 Å². The van der Waals surface area contributed by atoms with E-state index in [0.717, 1.165) is 25.7 Å². The number of aliphatic hydroxyl groups excluding tert-OH is 1. The first-order chi connectivity index (χ1) is 10.5. The van der Waals surface area contributed by atoms with Crippen LogP contribution in [0.4, 0.5) is 0 Å². The van der Waals surface area contributed by atoms with E-state index in [1.165, 1.54) is 6.08 Å². The van der Waals surface area contributed by atoms with Crippen molar-refractivity contribution in [2.75, 3.05) is 26.2 Å². The van der Waals surface area contributed by atoms with Crippen LogP contribution in [0.25, 0.3) is 0 Å². The zero-order chi connectivity index (χ0) is 16.8. The second-order valence-corrected chi connectivity index (χ2v) is 5.25. The van der Waals surface area contributed by atoms with E-state index in [1.54, 1.807) is 11.8 Å². The van der Waals surface area contributed by atoms with Crippen molar-refractivity contribution in [2.45, 2.75) is 52.0 Å². The Kier molecular flexibility index (Phi) is 17.8. The number of allylic oxidation sites excluding steroid dienone is 1. The fraction of sp³-hybridized carbons (Fsp3) is 0.750. The predicted molar refractivity (Wildman–Crippen MR) is 86.0 cm³/mol. The smallest absolute Gasteiger partial charge is 0.859 e. The molecule has 0 aromatic rings. The number of unbranched alkanes of at least 4 members (excludes halogenated alkanes) is 3. The van der Waals surface area contributed by atoms with E-state index in [9.17, 15) is 9.90 Å². The van der Waals surface area contributed by atoms with Crippen molar-refractivity contribution in [3.8, 4) is 0 Å². The maximum atomic E-state index is 11.5. The topological polar surface area (TPSA) is 96.2 Å². The number of carbonyl (C=O) groups is 1. The molecule has 0 aromatic carbocycles. The minimum atomic E-state index is -0.917. The Hall–Kier alpha value is -0.400. The molecule has 2 N–H and O–H groups in total. The van der Waals surface area contributed by atoms with Crippen molar-refractivity contribution in [3.63, 3.8) is 0 Å². The van der Waals surface area contributed by atoms with Crippen molar-refractivity contribution in [1.82, 2.24) is 4.90 Å². The summed E-state index contributed by atoms with van der Waals surface area (Å²) >= 11 is 0. The van der Waals surface area contributed by atoms with E-state index >= 15 is 0 Å². The first kappa shape index (κ1) is 24.8. The molecule has 0 aliphatic carbocycles. The quantitative estimate of drug-likeness (QED) is 0.176. The molecule has 0 spiro atoms. The van der Waals surface area contributed by atoms with Crippen LogP contribution < -0.4 is 34.7 Å². The van der Waals surface area contributed by atoms with E-state index in [-0.39, 0.29) is 48.6 Å². The van der Waals surface area contributed by atoms with E-state index in [0.29, 0.717) is 19.5 Å². The van der Waals surface area contributed by atoms with E-state index < -0.39 is 12.0 Å². The zero-order valence-corrected chi connectivity index (χ0v) is 16.7. The normalized spacial score (nSPS) is 13.3. The number of carboxylic acids is 1. The molecule has 7 heteroatoms. The molecule has 0 aliphatic heterocycles. The summed E-state index contributed by atoms with van der Waals surface area (Å²) in [5, 5.41) is 29.4. The maximum absolute atomic E-state index is 11.5. The van der Waals surface area contributed by atoms with Gasteiger partial charge in [-0.2, -0.15) is 0 Å². The molecule has 0 bridgehead atoms. The third kappa shape index (κ3) is 13.7. The van der Waals surface area contributed by atoms with Crippen LogP contribution in [0, 0.1) is 0 Å². The first-order valence-corrected chi connectivity index (χ1v) is 7.98. The Morgan fingerprint density at radius 1 is 1.30 bits per heavy atom. The molecular weight excluding hydrogens is 307 g/mol. The molecule has 23 heavy (non-hydrogen) atoms. The molecule has 0 saturated carbocycles. The molecule has 0 rings (SSSR count). The first-order valence-electron chi connectivity index (χ1n) is 7.98. The molecule has 0 saturated heterocycles. The van der Waals surface area contributed by atoms with E-state index in [1.807, 2.05) is 6.08 Å². The van der Waals surface area contributed by atoms with Crippen molar-refractivity contribution >= 4 is 11.9 Å². The summed E-state index contributed by atoms with van der Waals surface area (Å²) in [6.45, 7) is 4.87. The molecule has 0 aliphatic rings. The van der Waals surface area contributed by atoms with Gasteiger partial charge in [-0.15, -0.1) is 0 Å². The monoisotopic (exact) mass is 336 g/mol. The van der Waals surface area contributed by atoms with Gasteiger partial charge in [-0.25, -0.2) is 0 Å². The Morgan fingerprint density at radius 3 is 2.57 bits per heavy atom. The van der Waals surface area contributed by atoms with Gasteiger partial charge >= 0.3 is 35.5 Å². The maximum Gasteiger partial charge on any atom is 1.00 e. The molecule has 0 aromatic heterocycles. The van der Waals surface area contributed by atoms with Crippen molar-refractivity contribution in [3.05, 3.63) is 12.2 Å². The van der Waals surface area contributed by atoms with Crippen molar-refractivity contribution < 1.29 is 49.7 Å². The Morgan fingerprint density at radius 2 is 2.00 bits per heavy atom. The molecule has 0 heterocycles. The van der Waals surface area contributed by atoms with Crippen molar-refractivity contribution in [1.29, 1.82) is 0 Å². The Balaban J connectivity index is 0. The number of aliphatic hydroxyl groups is 1. The van der Waals surface area contributed by atoms with Crippen LogP contribution in [0.1, 0.15) is 46.0 Å². The van der Waals surface area contributed by atoms with Gasteiger partial charge in [0.25, 0.3) is 0 Å². The fourth-order valence-corrected chi connectivity index (χ4v) is 1.97. The van der Waals surface area contributed by atoms with Gasteiger partial charge in [0.2, 0.25) is 0 Å². The molecule has 1 unspecified atom stereocenters. The van der Waals surface area contributed by atoms with Gasteiger partial charge in [0.1, 0.15) is 6.04 Å². The number of hydrogen-bond donors (Lipinski definition) is 2. The summed E-state index contributed by atoms with van der Waals surface area (Å²) in [5.41, 5.74) is 0. The van der Waals surface area contributed by atoms with Gasteiger partial charge in [0.15, 0.2) is 0 Å². The molecule has 6 nitrogen and oxygen atoms in total. The molecule has 0 fully saturated rings. The summed E-state index contributed by atoms with van der Waals surface area (Å²) in [6.07, 6.45) is 8.08. The third-order valence-corrected chi connectivity index (χ3v) is 3.40. The number of hydrogen-bond acceptors (Lipinski definition) is 5. The third-order valence-electron chi connectivity index (χ3n) is 3.40. The van der Waals surface area contributed by atoms with Crippen LogP contribution in [-0.4, -0.2) is 59.3 Å². The minimum absolute atomic E-state index is 0. The molecule has 0 amide bonds. The van der Waals surface area contributed by atoms with Gasteiger partial charge in [-0.05, 0) is 32.1 Å². The number of rotatable bonds is 13. The number of aliphatic imine (C=N–C) groups is 1. The van der Waals surface area contributed by atoms with Gasteiger partial charge in [0.05, 0.1) is 6.54 Å². The van der Waals surface area contributed by atoms with E-state index in [2.05, 4.69) is 11.9 Å². The Bertz CT molecular complexity index is 362. The summed E-state index contributed by atoms with van der Waals surface area (Å²) in [7, 11) is 0. The average Bonchev–Trinajstić information content (AvgIpc) is 2.49. The fourth-order valence-electron chi connectivity index (χ4n) is 1.97. The summed E-state index contributed by atoms with van der Waals surface area (Å²) < 4.78 is 0. The second-order valence-electron chi connectivity index (χ2n) is 5.25. The average molecular weight is 336 g/mol. The van der Waals surface area contributed by atoms with Crippen molar-refractivity contribution in [2.24, 2.45) is 4.99 Å². The summed E-state index contributed by atoms with van der Waals surface area (Å²) in [4.78, 5) is 16.6. The predicted octanol–water partition coefficient (Wildman–Crippen LogP) is -1.96. The van der Waals surface area contributed by atoms with E-state index in [4.69, 9.17) is 10.2 Å². The number of aliphatic carboxylic acids is 1. The minimum Gasteiger partial charge on any atom is -0.859 e. The van der Waals surface area contributed by atoms with Gasteiger partial charge < -0.3 is 15.3 Å². The molecule has 0 radical (unpaired) electrons. The summed E-state index contributed by atoms with van der Waals surface area (Å²) in [6, 6.07) is -0.651. The second kappa shape index (κ2) is 16.5. The SMILES string of the molecule is CCCCC/C=C/C([O-])=NCCN(CCCO)C(C)C(=O)O.[Na+]. The molecule has 1 atom stereocenters. The van der Waals surface area contributed by atoms with Crippen LogP contribution in [-0.2, 0) is 4.79 Å². The van der Waals surface area contributed by atoms with Crippen LogP contribution >= 0.6 is 0 Å². The van der Waals surface area contributed by atoms with Crippen LogP contribution in [0.15, 0.2) is 17.1 Å². The van der Waals surface area contributed by atoms with Crippen LogP contribution in [0.5, 0.6) is 0 Å². The molecular formula is C16H29N2NaO4. The standard InChI is InChI=1S/C16H30N2O4.Na/c1-3-4-5-6-7-9-15(20)17-10-12-18(11-8-13-19)14(2)16(21)22;/h7,9,14,19H,3-6,8,10-13H2,1-2H3,(H,17,20)(H,21,22);/q;+1/p-1/b9-7+;.